The quantitative estimate of drug-likeness (QED) is 0.321. The van der Waals surface area contributed by atoms with Gasteiger partial charge in [0.2, 0.25) is 0 Å². The average molecular weight is 479 g/mol. The van der Waals surface area contributed by atoms with Crippen LogP contribution in [-0.2, 0) is 36.1 Å². The molecule has 6 nitrogen and oxygen atoms in total. The van der Waals surface area contributed by atoms with Gasteiger partial charge in [0.05, 0.1) is 12.1 Å². The van der Waals surface area contributed by atoms with Crippen molar-refractivity contribution < 1.29 is 73.3 Å². The van der Waals surface area contributed by atoms with Crippen molar-refractivity contribution in [1.29, 1.82) is 0 Å². The van der Waals surface area contributed by atoms with E-state index in [1.165, 1.54) is 0 Å². The summed E-state index contributed by atoms with van der Waals surface area (Å²) in [5, 5.41) is 3.25. The number of hydrogen-bond donors (Lipinski definition) is 1. The van der Waals surface area contributed by atoms with Crippen LogP contribution in [0.25, 0.3) is 0 Å². The first-order valence-corrected chi connectivity index (χ1v) is 8.26. The van der Waals surface area contributed by atoms with Crippen LogP contribution in [0.1, 0.15) is 40.0 Å². The van der Waals surface area contributed by atoms with Crippen molar-refractivity contribution in [2.75, 3.05) is 33.7 Å². The van der Waals surface area contributed by atoms with Crippen LogP contribution < -0.4 is 42.5 Å². The standard InChI is InChI=1S/C17H30N3O3.3ClH.Ti/c1-12(21)15-7-10-19(4)17(14(3)23)8-11-20(5)16(13(2)22)6-9-18-15;;;;/h15,17-18H,6-11H2,1-5H3;3*1H;/q-1;;;;+4/p-3. The molecule has 27 heavy (non-hydrogen) atoms. The van der Waals surface area contributed by atoms with Crippen LogP contribution in [0.3, 0.4) is 0 Å². The van der Waals surface area contributed by atoms with Crippen LogP contribution in [0.4, 0.5) is 0 Å². The fourth-order valence-electron chi connectivity index (χ4n) is 3.12. The summed E-state index contributed by atoms with van der Waals surface area (Å²) in [7, 11) is 3.81. The molecular weight excluding hydrogens is 448 g/mol. The number of hydrogen-bond acceptors (Lipinski definition) is 6. The Bertz CT molecular complexity index is 458. The third kappa shape index (κ3) is 11.8. The molecule has 10 heteroatoms. The fourth-order valence-corrected chi connectivity index (χ4v) is 3.12. The molecule has 156 valence electrons. The van der Waals surface area contributed by atoms with E-state index in [2.05, 4.69) is 5.32 Å². The van der Waals surface area contributed by atoms with Crippen molar-refractivity contribution in [3.05, 3.63) is 6.04 Å². The number of rotatable bonds is 3. The normalized spacial score (nSPS) is 22.3. The Kier molecular flexibility index (Phi) is 22.2. The molecule has 0 saturated carbocycles. The summed E-state index contributed by atoms with van der Waals surface area (Å²) < 4.78 is 0. The van der Waals surface area contributed by atoms with Gasteiger partial charge < -0.3 is 52.2 Å². The second-order valence-corrected chi connectivity index (χ2v) is 6.48. The zero-order valence-electron chi connectivity index (χ0n) is 16.7. The first-order chi connectivity index (χ1) is 10.7. The van der Waals surface area contributed by atoms with Gasteiger partial charge in [-0.15, -0.1) is 6.42 Å². The van der Waals surface area contributed by atoms with Crippen LogP contribution in [0.2, 0.25) is 0 Å². The average Bonchev–Trinajstić information content (AvgIpc) is 2.43. The minimum absolute atomic E-state index is 0. The summed E-state index contributed by atoms with van der Waals surface area (Å²) in [5.41, 5.74) is 0. The van der Waals surface area contributed by atoms with E-state index < -0.39 is 0 Å². The van der Waals surface area contributed by atoms with Gasteiger partial charge in [0.1, 0.15) is 11.6 Å². The van der Waals surface area contributed by atoms with Gasteiger partial charge in [0, 0.05) is 12.3 Å². The van der Waals surface area contributed by atoms with Gasteiger partial charge in [-0.2, -0.15) is 0 Å². The Morgan fingerprint density at radius 1 is 0.926 bits per heavy atom. The molecule has 1 aliphatic rings. The Morgan fingerprint density at radius 3 is 1.93 bits per heavy atom. The molecule has 0 radical (unpaired) electrons. The molecular formula is C17H30Cl3N3O3Ti. The van der Waals surface area contributed by atoms with Gasteiger partial charge in [-0.1, -0.05) is 0 Å². The molecule has 0 spiro atoms. The number of Topliss-reactive ketones (excluding diaryl/α,β-unsaturated/α-hetero) is 3. The molecule has 0 amide bonds. The summed E-state index contributed by atoms with van der Waals surface area (Å²) in [5.74, 6) is 0.251. The maximum atomic E-state index is 11.9. The molecule has 0 bridgehead atoms. The number of likely N-dealkylation sites (N-methyl/N-ethyl adjacent to an activating group) is 2. The number of nitrogens with zero attached hydrogens (tertiary/aromatic N) is 2. The van der Waals surface area contributed by atoms with Crippen molar-refractivity contribution in [2.45, 2.75) is 52.1 Å². The first kappa shape index (κ1) is 34.8. The largest absolute Gasteiger partial charge is 4.00 e. The van der Waals surface area contributed by atoms with Crippen molar-refractivity contribution in [3.8, 4) is 0 Å². The second kappa shape index (κ2) is 17.2. The Hall–Kier alpha value is 0.344. The van der Waals surface area contributed by atoms with E-state index in [4.69, 9.17) is 0 Å². The van der Waals surface area contributed by atoms with E-state index in [-0.39, 0.29) is 88.4 Å². The van der Waals surface area contributed by atoms with E-state index >= 15 is 0 Å². The molecule has 1 rings (SSSR count). The van der Waals surface area contributed by atoms with Crippen LogP contribution in [0.15, 0.2) is 0 Å². The van der Waals surface area contributed by atoms with Gasteiger partial charge in [0.25, 0.3) is 0 Å². The van der Waals surface area contributed by atoms with Crippen molar-refractivity contribution in [1.82, 2.24) is 15.1 Å². The van der Waals surface area contributed by atoms with Crippen molar-refractivity contribution >= 4 is 17.3 Å². The number of halogens is 3. The number of ketones is 3. The second-order valence-electron chi connectivity index (χ2n) is 6.48. The van der Waals surface area contributed by atoms with E-state index in [1.54, 1.807) is 20.8 Å². The predicted molar refractivity (Wildman–Crippen MR) is 90.0 cm³/mol. The minimum Gasteiger partial charge on any atom is -1.00 e. The van der Waals surface area contributed by atoms with E-state index in [9.17, 15) is 14.4 Å². The SMILES string of the molecule is CC(=O)[C-]1CCNC(C(C)=O)CCN(C)C(C(C)=O)CCN1C.[Cl-].[Cl-].[Cl-].[Ti+4]. The topological polar surface area (TPSA) is 69.7 Å². The summed E-state index contributed by atoms with van der Waals surface area (Å²) in [4.78, 5) is 39.6. The molecule has 2 atom stereocenters. The summed E-state index contributed by atoms with van der Waals surface area (Å²) in [6.07, 6.45) is 1.94. The molecule has 1 saturated heterocycles. The summed E-state index contributed by atoms with van der Waals surface area (Å²) in [6.45, 7) is 6.70. The van der Waals surface area contributed by atoms with Gasteiger partial charge in [-0.25, -0.2) is 6.04 Å². The van der Waals surface area contributed by atoms with Gasteiger partial charge in [-0.3, -0.25) is 14.5 Å². The monoisotopic (exact) mass is 477 g/mol. The van der Waals surface area contributed by atoms with Gasteiger partial charge >= 0.3 is 21.7 Å². The van der Waals surface area contributed by atoms with Gasteiger partial charge in [0.15, 0.2) is 0 Å². The summed E-state index contributed by atoms with van der Waals surface area (Å²) in [6, 6.07) is 0.325. The Labute approximate surface area is 197 Å². The number of carbonyl (C=O) groups excluding carboxylic acids is 3. The zero-order valence-corrected chi connectivity index (χ0v) is 20.5. The van der Waals surface area contributed by atoms with E-state index in [0.29, 0.717) is 38.9 Å². The van der Waals surface area contributed by atoms with Gasteiger partial charge in [-0.05, 0) is 60.8 Å². The molecule has 1 fully saturated rings. The smallest absolute Gasteiger partial charge is 1.00 e. The Balaban J connectivity index is -0.000000661. The van der Waals surface area contributed by atoms with Crippen LogP contribution >= 0.6 is 0 Å². The van der Waals surface area contributed by atoms with Crippen LogP contribution in [0.5, 0.6) is 0 Å². The van der Waals surface area contributed by atoms with E-state index in [0.717, 1.165) is 6.04 Å². The molecule has 1 heterocycles. The molecule has 0 aromatic carbocycles. The van der Waals surface area contributed by atoms with Crippen LogP contribution in [0, 0.1) is 6.04 Å². The molecule has 2 unspecified atom stereocenters. The fraction of sp³-hybridized carbons (Fsp3) is 0.765. The minimum atomic E-state index is -0.233. The van der Waals surface area contributed by atoms with E-state index in [1.807, 2.05) is 23.9 Å². The third-order valence-corrected chi connectivity index (χ3v) is 4.62. The first-order valence-electron chi connectivity index (χ1n) is 8.26. The third-order valence-electron chi connectivity index (χ3n) is 4.62. The molecule has 1 N–H and O–H groups in total. The molecule has 0 aliphatic carbocycles. The number of carbonyl (C=O) groups is 3. The molecule has 0 aromatic rings. The zero-order chi connectivity index (χ0) is 17.6. The molecule has 0 aromatic heterocycles. The predicted octanol–water partition coefficient (Wildman–Crippen LogP) is -8.33. The molecule has 1 aliphatic heterocycles. The maximum Gasteiger partial charge on any atom is 4.00 e. The van der Waals surface area contributed by atoms with Crippen LogP contribution in [-0.4, -0.2) is 73.0 Å². The number of nitrogens with one attached hydrogen (secondary N) is 1. The summed E-state index contributed by atoms with van der Waals surface area (Å²) >= 11 is 0. The Morgan fingerprint density at radius 2 is 1.48 bits per heavy atom. The van der Waals surface area contributed by atoms with Crippen molar-refractivity contribution in [2.24, 2.45) is 0 Å². The van der Waals surface area contributed by atoms with Crippen molar-refractivity contribution in [3.63, 3.8) is 0 Å². The maximum absolute atomic E-state index is 11.9.